The lowest BCUT2D eigenvalue weighted by atomic mass is 9.79. The molecule has 0 saturated heterocycles. The molecule has 1 N–H and O–H groups in total. The summed E-state index contributed by atoms with van der Waals surface area (Å²) in [5, 5.41) is 6.36. The van der Waals surface area contributed by atoms with E-state index in [0.717, 1.165) is 41.2 Å². The Morgan fingerprint density at radius 1 is 0.596 bits per heavy atom. The van der Waals surface area contributed by atoms with Gasteiger partial charge in [-0.05, 0) is 84.9 Å². The predicted octanol–water partition coefficient (Wildman–Crippen LogP) is 12.7. The Kier molecular flexibility index (Phi) is 8.95. The van der Waals surface area contributed by atoms with Crippen molar-refractivity contribution in [2.75, 3.05) is 0 Å². The first kappa shape index (κ1) is 34.7. The van der Waals surface area contributed by atoms with Crippen molar-refractivity contribution in [2.45, 2.75) is 44.7 Å². The maximum Gasteiger partial charge on any atom is 0.169 e. The summed E-state index contributed by atoms with van der Waals surface area (Å²) in [5.41, 5.74) is 14.5. The number of aromatic nitrogens is 1. The number of aliphatic imine (C=N–C) groups is 2. The van der Waals surface area contributed by atoms with Crippen LogP contribution in [0.2, 0.25) is 0 Å². The van der Waals surface area contributed by atoms with Gasteiger partial charge in [-0.25, -0.2) is 9.98 Å². The molecule has 0 spiro atoms. The molecule has 0 fully saturated rings. The van der Waals surface area contributed by atoms with Gasteiger partial charge in [0.2, 0.25) is 0 Å². The molecule has 2 heterocycles. The fourth-order valence-corrected chi connectivity index (χ4v) is 8.85. The van der Waals surface area contributed by atoms with Gasteiger partial charge in [0.25, 0.3) is 0 Å². The number of nitrogens with one attached hydrogen (secondary N) is 1. The van der Waals surface area contributed by atoms with Gasteiger partial charge < -0.3 is 9.88 Å². The summed E-state index contributed by atoms with van der Waals surface area (Å²) < 4.78 is 2.55. The quantitative estimate of drug-likeness (QED) is 0.174. The van der Waals surface area contributed by atoms with E-state index in [1.165, 1.54) is 60.9 Å². The zero-order chi connectivity index (χ0) is 38.3. The number of allylic oxidation sites excluding steroid dienone is 5. The monoisotopic (exact) mass is 736 g/mol. The van der Waals surface area contributed by atoms with Gasteiger partial charge in [-0.3, -0.25) is 0 Å². The Morgan fingerprint density at radius 2 is 1.16 bits per heavy atom. The van der Waals surface area contributed by atoms with Crippen molar-refractivity contribution in [1.82, 2.24) is 9.88 Å². The van der Waals surface area contributed by atoms with Gasteiger partial charge in [0.15, 0.2) is 6.17 Å². The summed E-state index contributed by atoms with van der Waals surface area (Å²) >= 11 is 0. The molecule has 1 aliphatic heterocycles. The average molecular weight is 737 g/mol. The highest BCUT2D eigenvalue weighted by Crippen LogP contribution is 2.47. The van der Waals surface area contributed by atoms with E-state index in [-0.39, 0.29) is 12.1 Å². The number of hydrogen-bond donors (Lipinski definition) is 1. The zero-order valence-electron chi connectivity index (χ0n) is 32.3. The Bertz CT molecular complexity index is 2760. The Labute approximate surface area is 334 Å². The second-order valence-corrected chi connectivity index (χ2v) is 15.5. The molecular formula is C53H44N4. The van der Waals surface area contributed by atoms with E-state index in [1.807, 2.05) is 0 Å². The number of fused-ring (bicyclic) bond motifs is 3. The van der Waals surface area contributed by atoms with Gasteiger partial charge in [-0.2, -0.15) is 0 Å². The Balaban J connectivity index is 1.16. The maximum atomic E-state index is 5.42. The Morgan fingerprint density at radius 3 is 1.75 bits per heavy atom. The molecule has 1 aromatic heterocycles. The van der Waals surface area contributed by atoms with Crippen molar-refractivity contribution < 1.29 is 0 Å². The summed E-state index contributed by atoms with van der Waals surface area (Å²) in [4.78, 5) is 10.7. The van der Waals surface area contributed by atoms with Crippen molar-refractivity contribution in [3.8, 4) is 0 Å². The number of aryl methyl sites for hydroxylation is 2. The average Bonchev–Trinajstić information content (AvgIpc) is 3.59. The summed E-state index contributed by atoms with van der Waals surface area (Å²) in [6.07, 6.45) is 10.6. The highest BCUT2D eigenvalue weighted by atomic mass is 15.2. The SMILES string of the molecule is Cc1ccc2c(c1)c1cc(C)ccc1n2C1=C(c2ccccc2)C=C(C2=NC(c3ccccc3)N=C(C3=CCC(c4ccccc4)C=C3)N2)CC1c1ccccc1. The highest BCUT2D eigenvalue weighted by molar-refractivity contribution is 6.19. The summed E-state index contributed by atoms with van der Waals surface area (Å²) in [6.45, 7) is 4.38. The van der Waals surface area contributed by atoms with E-state index in [1.54, 1.807) is 0 Å². The van der Waals surface area contributed by atoms with Crippen LogP contribution in [-0.4, -0.2) is 16.2 Å². The number of nitrogens with zero attached hydrogens (tertiary/aromatic N) is 3. The molecule has 10 rings (SSSR count). The number of benzene rings is 6. The predicted molar refractivity (Wildman–Crippen MR) is 239 cm³/mol. The lowest BCUT2D eigenvalue weighted by molar-refractivity contribution is 0.745. The van der Waals surface area contributed by atoms with Crippen LogP contribution in [-0.2, 0) is 0 Å². The summed E-state index contributed by atoms with van der Waals surface area (Å²) in [5.74, 6) is 2.11. The molecule has 57 heavy (non-hydrogen) atoms. The summed E-state index contributed by atoms with van der Waals surface area (Å²) in [7, 11) is 0. The largest absolute Gasteiger partial charge is 0.325 e. The van der Waals surface area contributed by atoms with Crippen molar-refractivity contribution in [1.29, 1.82) is 0 Å². The van der Waals surface area contributed by atoms with Crippen molar-refractivity contribution in [2.24, 2.45) is 9.98 Å². The first-order valence-corrected chi connectivity index (χ1v) is 20.1. The molecule has 3 unspecified atom stereocenters. The van der Waals surface area contributed by atoms with Gasteiger partial charge in [0.1, 0.15) is 11.7 Å². The van der Waals surface area contributed by atoms with Gasteiger partial charge in [0, 0.05) is 39.5 Å². The molecule has 276 valence electrons. The molecule has 3 atom stereocenters. The van der Waals surface area contributed by atoms with Crippen molar-refractivity contribution in [3.05, 3.63) is 227 Å². The van der Waals surface area contributed by atoms with Crippen molar-refractivity contribution >= 4 is 44.7 Å². The maximum absolute atomic E-state index is 5.42. The molecule has 0 bridgehead atoms. The molecular weight excluding hydrogens is 693 g/mol. The smallest absolute Gasteiger partial charge is 0.169 e. The van der Waals surface area contributed by atoms with E-state index >= 15 is 0 Å². The van der Waals surface area contributed by atoms with E-state index in [9.17, 15) is 0 Å². The van der Waals surface area contributed by atoms with Crippen LogP contribution in [0.1, 0.15) is 64.2 Å². The second kappa shape index (κ2) is 14.7. The fraction of sp³-hybridized carbons (Fsp3) is 0.132. The lowest BCUT2D eigenvalue weighted by Gasteiger charge is -2.33. The number of rotatable bonds is 7. The van der Waals surface area contributed by atoms with Crippen LogP contribution in [0.25, 0.3) is 33.1 Å². The normalized spacial score (nSPS) is 19.5. The van der Waals surface area contributed by atoms with Gasteiger partial charge in [0.05, 0.1) is 11.0 Å². The van der Waals surface area contributed by atoms with E-state index in [0.29, 0.717) is 5.92 Å². The minimum atomic E-state index is -0.371. The standard InChI is InChI=1S/C53H44N4/c1-35-23-29-48-46(31-35)47-32-36(2)24-30-49(47)57(48)50-44(39-17-9-4-10-18-39)33-43(34-45(50)40-19-11-5-12-20-40)53-55-51(41-21-13-6-14-22-41)54-52(56-53)42-27-25-38(26-28-42)37-15-7-3-8-16-37/h3-25,27-33,38,45,51H,26,34H2,1-2H3,(H,54,55,56). The summed E-state index contributed by atoms with van der Waals surface area (Å²) in [6, 6.07) is 57.0. The van der Waals surface area contributed by atoms with Crippen LogP contribution >= 0.6 is 0 Å². The van der Waals surface area contributed by atoms with Crippen molar-refractivity contribution in [3.63, 3.8) is 0 Å². The molecule has 7 aromatic rings. The third kappa shape index (κ3) is 6.57. The molecule has 2 aliphatic carbocycles. The fourth-order valence-electron chi connectivity index (χ4n) is 8.85. The number of amidine groups is 2. The van der Waals surface area contributed by atoms with Crippen LogP contribution in [0.5, 0.6) is 0 Å². The molecule has 4 nitrogen and oxygen atoms in total. The third-order valence-corrected chi connectivity index (χ3v) is 11.7. The molecule has 0 radical (unpaired) electrons. The van der Waals surface area contributed by atoms with E-state index in [4.69, 9.17) is 9.98 Å². The molecule has 4 heteroatoms. The zero-order valence-corrected chi connectivity index (χ0v) is 32.3. The van der Waals surface area contributed by atoms with E-state index < -0.39 is 0 Å². The lowest BCUT2D eigenvalue weighted by Crippen LogP contribution is -2.38. The minimum Gasteiger partial charge on any atom is -0.325 e. The van der Waals surface area contributed by atoms with E-state index in [2.05, 4.69) is 206 Å². The first-order valence-electron chi connectivity index (χ1n) is 20.1. The van der Waals surface area contributed by atoms with Crippen LogP contribution in [0.3, 0.4) is 0 Å². The first-order chi connectivity index (χ1) is 28.1. The van der Waals surface area contributed by atoms with Crippen LogP contribution < -0.4 is 5.32 Å². The van der Waals surface area contributed by atoms with Crippen LogP contribution in [0.4, 0.5) is 0 Å². The second-order valence-electron chi connectivity index (χ2n) is 15.5. The van der Waals surface area contributed by atoms with Gasteiger partial charge >= 0.3 is 0 Å². The van der Waals surface area contributed by atoms with Gasteiger partial charge in [-0.15, -0.1) is 0 Å². The molecule has 3 aliphatic rings. The molecule has 0 saturated carbocycles. The topological polar surface area (TPSA) is 41.7 Å². The highest BCUT2D eigenvalue weighted by Gasteiger charge is 2.33. The Hall–Kier alpha value is -6.78. The molecule has 0 amide bonds. The van der Waals surface area contributed by atoms with Crippen LogP contribution in [0, 0.1) is 13.8 Å². The van der Waals surface area contributed by atoms with Crippen LogP contribution in [0.15, 0.2) is 203 Å². The third-order valence-electron chi connectivity index (χ3n) is 11.7. The van der Waals surface area contributed by atoms with Gasteiger partial charge in [-0.1, -0.05) is 163 Å². The minimum absolute atomic E-state index is 0.0326. The molecule has 6 aromatic carbocycles. The number of hydrogen-bond acceptors (Lipinski definition) is 3.